The van der Waals surface area contributed by atoms with Crippen LogP contribution in [0.3, 0.4) is 0 Å². The Balaban J connectivity index is 1.77. The van der Waals surface area contributed by atoms with Gasteiger partial charge in [-0.1, -0.05) is 24.3 Å². The van der Waals surface area contributed by atoms with Crippen LogP contribution in [0.5, 0.6) is 5.75 Å². The van der Waals surface area contributed by atoms with E-state index in [-0.39, 0.29) is 16.4 Å². The maximum atomic E-state index is 13.0. The lowest BCUT2D eigenvalue weighted by Gasteiger charge is -2.13. The summed E-state index contributed by atoms with van der Waals surface area (Å²) in [5, 5.41) is 2.84. The molecule has 0 heterocycles. The van der Waals surface area contributed by atoms with Crippen molar-refractivity contribution in [1.82, 2.24) is 5.32 Å². The molecule has 0 aliphatic heterocycles. The van der Waals surface area contributed by atoms with Crippen LogP contribution in [-0.2, 0) is 16.6 Å². The SMILES string of the molecule is CCOc1cccc(CNC(=O)c2ccc(C)c(S(=O)(=O)Nc3ccc(C)c(C)c3)c2)c1. The van der Waals surface area contributed by atoms with E-state index in [1.807, 2.05) is 51.1 Å². The van der Waals surface area contributed by atoms with Crippen LogP contribution in [0.1, 0.15) is 39.5 Å². The first-order valence-corrected chi connectivity index (χ1v) is 11.9. The molecule has 3 rings (SSSR count). The highest BCUT2D eigenvalue weighted by atomic mass is 32.2. The maximum Gasteiger partial charge on any atom is 0.262 e. The van der Waals surface area contributed by atoms with E-state index >= 15 is 0 Å². The van der Waals surface area contributed by atoms with E-state index in [4.69, 9.17) is 4.74 Å². The third-order valence-corrected chi connectivity index (χ3v) is 6.68. The van der Waals surface area contributed by atoms with Gasteiger partial charge in [0.05, 0.1) is 11.5 Å². The van der Waals surface area contributed by atoms with Crippen molar-refractivity contribution in [3.05, 3.63) is 88.5 Å². The summed E-state index contributed by atoms with van der Waals surface area (Å²) in [5.41, 5.74) is 4.27. The summed E-state index contributed by atoms with van der Waals surface area (Å²) in [6.07, 6.45) is 0. The van der Waals surface area contributed by atoms with Gasteiger partial charge in [0, 0.05) is 17.8 Å². The Morgan fingerprint density at radius 3 is 2.38 bits per heavy atom. The molecule has 3 aromatic carbocycles. The van der Waals surface area contributed by atoms with Gasteiger partial charge >= 0.3 is 0 Å². The Hall–Kier alpha value is -3.32. The van der Waals surface area contributed by atoms with Crippen LogP contribution in [-0.4, -0.2) is 20.9 Å². The van der Waals surface area contributed by atoms with Gasteiger partial charge in [0.1, 0.15) is 5.75 Å². The first-order valence-electron chi connectivity index (χ1n) is 10.4. The summed E-state index contributed by atoms with van der Waals surface area (Å²) in [6.45, 7) is 8.37. The van der Waals surface area contributed by atoms with Crippen LogP contribution < -0.4 is 14.8 Å². The number of benzene rings is 3. The third-order valence-electron chi connectivity index (χ3n) is 5.16. The van der Waals surface area contributed by atoms with E-state index in [1.54, 1.807) is 31.2 Å². The zero-order valence-corrected chi connectivity index (χ0v) is 19.5. The minimum Gasteiger partial charge on any atom is -0.494 e. The number of sulfonamides is 1. The molecule has 0 atom stereocenters. The monoisotopic (exact) mass is 452 g/mol. The number of rotatable bonds is 8. The van der Waals surface area contributed by atoms with Crippen molar-refractivity contribution in [1.29, 1.82) is 0 Å². The van der Waals surface area contributed by atoms with Crippen LogP contribution in [0.25, 0.3) is 0 Å². The Bertz CT molecular complexity index is 1240. The van der Waals surface area contributed by atoms with Gasteiger partial charge in [0.15, 0.2) is 0 Å². The second-order valence-corrected chi connectivity index (χ2v) is 9.30. The smallest absolute Gasteiger partial charge is 0.262 e. The molecule has 3 aromatic rings. The van der Waals surface area contributed by atoms with Crippen molar-refractivity contribution < 1.29 is 17.9 Å². The summed E-state index contributed by atoms with van der Waals surface area (Å²) in [4.78, 5) is 12.8. The lowest BCUT2D eigenvalue weighted by atomic mass is 10.1. The number of ether oxygens (including phenoxy) is 1. The molecule has 0 fully saturated rings. The minimum atomic E-state index is -3.86. The molecule has 2 N–H and O–H groups in total. The second kappa shape index (κ2) is 9.87. The molecule has 0 aliphatic rings. The van der Waals surface area contributed by atoms with Gasteiger partial charge in [-0.25, -0.2) is 8.42 Å². The van der Waals surface area contributed by atoms with Gasteiger partial charge in [-0.3, -0.25) is 9.52 Å². The molecule has 0 saturated heterocycles. The fourth-order valence-electron chi connectivity index (χ4n) is 3.24. The number of hydrogen-bond acceptors (Lipinski definition) is 4. The maximum absolute atomic E-state index is 13.0. The number of nitrogens with one attached hydrogen (secondary N) is 2. The highest BCUT2D eigenvalue weighted by Gasteiger charge is 2.19. The standard InChI is InChI=1S/C25H28N2O4S/c1-5-31-23-8-6-7-20(14-23)16-26-25(28)21-11-9-18(3)24(15-21)32(29,30)27-22-12-10-17(2)19(4)13-22/h6-15,27H,5,16H2,1-4H3,(H,26,28). The van der Waals surface area contributed by atoms with Crippen molar-refractivity contribution in [2.75, 3.05) is 11.3 Å². The lowest BCUT2D eigenvalue weighted by Crippen LogP contribution is -2.23. The number of amides is 1. The van der Waals surface area contributed by atoms with Crippen molar-refractivity contribution >= 4 is 21.6 Å². The van der Waals surface area contributed by atoms with Crippen LogP contribution >= 0.6 is 0 Å². The predicted octanol–water partition coefficient (Wildman–Crippen LogP) is 4.74. The third kappa shape index (κ3) is 5.68. The van der Waals surface area contributed by atoms with Gasteiger partial charge in [0.2, 0.25) is 0 Å². The largest absolute Gasteiger partial charge is 0.494 e. The molecule has 0 bridgehead atoms. The zero-order valence-electron chi connectivity index (χ0n) is 18.7. The molecule has 0 spiro atoms. The molecule has 0 aliphatic carbocycles. The molecule has 32 heavy (non-hydrogen) atoms. The summed E-state index contributed by atoms with van der Waals surface area (Å²) < 4.78 is 34.1. The average molecular weight is 453 g/mol. The van der Waals surface area contributed by atoms with Crippen molar-refractivity contribution in [3.8, 4) is 5.75 Å². The summed E-state index contributed by atoms with van der Waals surface area (Å²) in [5.74, 6) is 0.384. The molecule has 0 unspecified atom stereocenters. The van der Waals surface area contributed by atoms with Gasteiger partial charge in [-0.05, 0) is 86.3 Å². The quantitative estimate of drug-likeness (QED) is 0.517. The van der Waals surface area contributed by atoms with E-state index in [1.165, 1.54) is 6.07 Å². The fourth-order valence-corrected chi connectivity index (χ4v) is 4.56. The predicted molar refractivity (Wildman–Crippen MR) is 127 cm³/mol. The van der Waals surface area contributed by atoms with Crippen LogP contribution in [0.15, 0.2) is 65.6 Å². The number of carbonyl (C=O) groups is 1. The van der Waals surface area contributed by atoms with Crippen molar-refractivity contribution in [2.45, 2.75) is 39.1 Å². The summed E-state index contributed by atoms with van der Waals surface area (Å²) in [7, 11) is -3.86. The number of carbonyl (C=O) groups excluding carboxylic acids is 1. The normalized spacial score (nSPS) is 11.1. The molecule has 1 amide bonds. The van der Waals surface area contributed by atoms with Gasteiger partial charge in [0.25, 0.3) is 15.9 Å². The van der Waals surface area contributed by atoms with E-state index in [0.717, 1.165) is 22.4 Å². The van der Waals surface area contributed by atoms with E-state index in [0.29, 0.717) is 24.4 Å². The number of aryl methyl sites for hydroxylation is 3. The average Bonchev–Trinajstić information content (AvgIpc) is 2.75. The second-order valence-electron chi connectivity index (χ2n) is 7.65. The molecule has 0 radical (unpaired) electrons. The Kier molecular flexibility index (Phi) is 7.20. The number of hydrogen-bond donors (Lipinski definition) is 2. The molecule has 168 valence electrons. The van der Waals surface area contributed by atoms with Crippen molar-refractivity contribution in [2.24, 2.45) is 0 Å². The van der Waals surface area contributed by atoms with E-state index in [2.05, 4.69) is 10.0 Å². The van der Waals surface area contributed by atoms with E-state index in [9.17, 15) is 13.2 Å². The highest BCUT2D eigenvalue weighted by molar-refractivity contribution is 7.92. The Morgan fingerprint density at radius 2 is 1.66 bits per heavy atom. The van der Waals surface area contributed by atoms with E-state index < -0.39 is 10.0 Å². The molecule has 7 heteroatoms. The summed E-state index contributed by atoms with van der Waals surface area (Å²) in [6, 6.07) is 17.5. The minimum absolute atomic E-state index is 0.0710. The first-order chi connectivity index (χ1) is 15.2. The Morgan fingerprint density at radius 1 is 0.906 bits per heavy atom. The fraction of sp³-hybridized carbons (Fsp3) is 0.240. The number of anilines is 1. The van der Waals surface area contributed by atoms with Crippen molar-refractivity contribution in [3.63, 3.8) is 0 Å². The Labute approximate surface area is 189 Å². The highest BCUT2D eigenvalue weighted by Crippen LogP contribution is 2.22. The summed E-state index contributed by atoms with van der Waals surface area (Å²) >= 11 is 0. The first kappa shape index (κ1) is 23.3. The molecule has 0 aromatic heterocycles. The molecule has 6 nitrogen and oxygen atoms in total. The van der Waals surface area contributed by atoms with Crippen LogP contribution in [0.4, 0.5) is 5.69 Å². The van der Waals surface area contributed by atoms with Gasteiger partial charge < -0.3 is 10.1 Å². The van der Waals surface area contributed by atoms with Crippen LogP contribution in [0, 0.1) is 20.8 Å². The lowest BCUT2D eigenvalue weighted by molar-refractivity contribution is 0.0950. The van der Waals surface area contributed by atoms with Crippen LogP contribution in [0.2, 0.25) is 0 Å². The van der Waals surface area contributed by atoms with Gasteiger partial charge in [-0.15, -0.1) is 0 Å². The molecule has 0 saturated carbocycles. The molecular formula is C25H28N2O4S. The van der Waals surface area contributed by atoms with Gasteiger partial charge in [-0.2, -0.15) is 0 Å². The zero-order chi connectivity index (χ0) is 23.3. The molecular weight excluding hydrogens is 424 g/mol. The topological polar surface area (TPSA) is 84.5 Å².